The van der Waals surface area contributed by atoms with Crippen molar-refractivity contribution in [2.75, 3.05) is 19.6 Å². The zero-order chi connectivity index (χ0) is 18.4. The van der Waals surface area contributed by atoms with Gasteiger partial charge in [-0.25, -0.2) is 4.98 Å². The first-order valence-electron chi connectivity index (χ1n) is 8.59. The summed E-state index contributed by atoms with van der Waals surface area (Å²) in [6.45, 7) is 6.37. The Balaban J connectivity index is 1.72. The lowest BCUT2D eigenvalue weighted by Crippen LogP contribution is -2.38. The molecule has 3 aromatic heterocycles. The van der Waals surface area contributed by atoms with Crippen molar-refractivity contribution in [3.05, 3.63) is 60.7 Å². The summed E-state index contributed by atoms with van der Waals surface area (Å²) in [6, 6.07) is 7.18. The number of rotatable bonds is 8. The normalized spacial score (nSPS) is 12.3. The van der Waals surface area contributed by atoms with Gasteiger partial charge in [0.2, 0.25) is 0 Å². The average Bonchev–Trinajstić information content (AvgIpc) is 3.39. The molecule has 0 saturated heterocycles. The molecule has 1 N–H and O–H groups in total. The highest BCUT2D eigenvalue weighted by molar-refractivity contribution is 5.94. The van der Waals surface area contributed by atoms with E-state index < -0.39 is 0 Å². The molecule has 0 aliphatic rings. The Morgan fingerprint density at radius 1 is 1.27 bits per heavy atom. The van der Waals surface area contributed by atoms with Gasteiger partial charge in [0.05, 0.1) is 12.3 Å². The third-order valence-electron chi connectivity index (χ3n) is 4.27. The molecular weight excluding hydrogens is 332 g/mol. The van der Waals surface area contributed by atoms with Crippen molar-refractivity contribution in [2.24, 2.45) is 0 Å². The van der Waals surface area contributed by atoms with Crippen molar-refractivity contribution in [1.82, 2.24) is 30.0 Å². The number of hydrogen-bond acceptors (Lipinski definition) is 6. The molecule has 0 radical (unpaired) electrons. The molecule has 1 unspecified atom stereocenters. The molecule has 1 atom stereocenters. The Hall–Kier alpha value is -3.00. The molecule has 0 bridgehead atoms. The predicted molar refractivity (Wildman–Crippen MR) is 95.9 cm³/mol. The van der Waals surface area contributed by atoms with Gasteiger partial charge in [-0.1, -0.05) is 13.8 Å². The summed E-state index contributed by atoms with van der Waals surface area (Å²) in [7, 11) is 0. The highest BCUT2D eigenvalue weighted by atomic mass is 16.3. The van der Waals surface area contributed by atoms with E-state index in [1.165, 1.54) is 12.7 Å². The SMILES string of the molecule is CCN(CC)C(CNC(=O)c1ccnc(-n2cnnc2)c1)c1ccco1. The molecule has 1 amide bonds. The van der Waals surface area contributed by atoms with Crippen LogP contribution >= 0.6 is 0 Å². The number of likely N-dealkylation sites (N-methyl/N-ethyl adjacent to an activating group) is 1. The maximum absolute atomic E-state index is 12.6. The lowest BCUT2D eigenvalue weighted by Gasteiger charge is -2.28. The number of pyridine rings is 1. The van der Waals surface area contributed by atoms with Gasteiger partial charge in [0.25, 0.3) is 5.91 Å². The largest absolute Gasteiger partial charge is 0.468 e. The summed E-state index contributed by atoms with van der Waals surface area (Å²) >= 11 is 0. The van der Waals surface area contributed by atoms with Crippen LogP contribution < -0.4 is 5.32 Å². The molecule has 8 heteroatoms. The van der Waals surface area contributed by atoms with Crippen molar-refractivity contribution < 1.29 is 9.21 Å². The highest BCUT2D eigenvalue weighted by Gasteiger charge is 2.21. The zero-order valence-electron chi connectivity index (χ0n) is 14.9. The number of hydrogen-bond donors (Lipinski definition) is 1. The van der Waals surface area contributed by atoms with Gasteiger partial charge in [-0.15, -0.1) is 10.2 Å². The third-order valence-corrected chi connectivity index (χ3v) is 4.27. The smallest absolute Gasteiger partial charge is 0.251 e. The minimum atomic E-state index is -0.162. The second kappa shape index (κ2) is 8.39. The van der Waals surface area contributed by atoms with Crippen LogP contribution in [0.3, 0.4) is 0 Å². The van der Waals surface area contributed by atoms with Crippen molar-refractivity contribution in [3.8, 4) is 5.82 Å². The van der Waals surface area contributed by atoms with Gasteiger partial charge >= 0.3 is 0 Å². The lowest BCUT2D eigenvalue weighted by atomic mass is 10.1. The van der Waals surface area contributed by atoms with Gasteiger partial charge in [-0.05, 0) is 37.4 Å². The number of furan rings is 1. The van der Waals surface area contributed by atoms with Gasteiger partial charge in [-0.3, -0.25) is 14.3 Å². The minimum Gasteiger partial charge on any atom is -0.468 e. The topological polar surface area (TPSA) is 89.1 Å². The van der Waals surface area contributed by atoms with Crippen molar-refractivity contribution in [1.29, 1.82) is 0 Å². The van der Waals surface area contributed by atoms with E-state index in [0.29, 0.717) is 17.9 Å². The molecule has 3 rings (SSSR count). The van der Waals surface area contributed by atoms with Crippen LogP contribution in [-0.4, -0.2) is 50.2 Å². The summed E-state index contributed by atoms with van der Waals surface area (Å²) < 4.78 is 7.22. The van der Waals surface area contributed by atoms with E-state index in [9.17, 15) is 4.79 Å². The molecular formula is C18H22N6O2. The molecule has 0 saturated carbocycles. The Morgan fingerprint density at radius 3 is 2.69 bits per heavy atom. The van der Waals surface area contributed by atoms with Crippen LogP contribution in [-0.2, 0) is 0 Å². The van der Waals surface area contributed by atoms with Crippen molar-refractivity contribution in [3.63, 3.8) is 0 Å². The fourth-order valence-electron chi connectivity index (χ4n) is 2.87. The maximum atomic E-state index is 12.6. The number of carbonyl (C=O) groups excluding carboxylic acids is 1. The molecule has 136 valence electrons. The molecule has 0 aliphatic heterocycles. The van der Waals surface area contributed by atoms with Crippen molar-refractivity contribution in [2.45, 2.75) is 19.9 Å². The Morgan fingerprint density at radius 2 is 2.04 bits per heavy atom. The van der Waals surface area contributed by atoms with Crippen LogP contribution in [0.4, 0.5) is 0 Å². The second-order valence-corrected chi connectivity index (χ2v) is 5.73. The van der Waals surface area contributed by atoms with E-state index in [1.807, 2.05) is 12.1 Å². The Labute approximate surface area is 151 Å². The minimum absolute atomic E-state index is 0.0110. The van der Waals surface area contributed by atoms with E-state index in [4.69, 9.17) is 4.42 Å². The quantitative estimate of drug-likeness (QED) is 0.666. The lowest BCUT2D eigenvalue weighted by molar-refractivity contribution is 0.0929. The van der Waals surface area contributed by atoms with Crippen LogP contribution in [0, 0.1) is 0 Å². The maximum Gasteiger partial charge on any atom is 0.251 e. The first-order chi connectivity index (χ1) is 12.7. The molecule has 0 aliphatic carbocycles. The Bertz CT molecular complexity index is 812. The Kier molecular flexibility index (Phi) is 5.75. The summed E-state index contributed by atoms with van der Waals surface area (Å²) in [4.78, 5) is 19.1. The van der Waals surface area contributed by atoms with E-state index in [-0.39, 0.29) is 11.9 Å². The monoisotopic (exact) mass is 354 g/mol. The fraction of sp³-hybridized carbons (Fsp3) is 0.333. The third kappa shape index (κ3) is 3.97. The van der Waals surface area contributed by atoms with Crippen LogP contribution in [0.1, 0.15) is 36.0 Å². The van der Waals surface area contributed by atoms with E-state index in [1.54, 1.807) is 29.2 Å². The first kappa shape index (κ1) is 17.8. The molecule has 0 aromatic carbocycles. The molecule has 3 aromatic rings. The van der Waals surface area contributed by atoms with Gasteiger partial charge in [0.1, 0.15) is 24.2 Å². The molecule has 0 spiro atoms. The molecule has 0 fully saturated rings. The standard InChI is InChI=1S/C18H22N6O2/c1-3-23(4-2)15(16-6-5-9-26-16)11-20-18(25)14-7-8-19-17(10-14)24-12-21-22-13-24/h5-10,12-13,15H,3-4,11H2,1-2H3,(H,20,25). The number of carbonyl (C=O) groups is 1. The number of nitrogens with one attached hydrogen (secondary N) is 1. The molecule has 3 heterocycles. The van der Waals surface area contributed by atoms with Crippen LogP contribution in [0.2, 0.25) is 0 Å². The fourth-order valence-corrected chi connectivity index (χ4v) is 2.87. The zero-order valence-corrected chi connectivity index (χ0v) is 14.9. The van der Waals surface area contributed by atoms with E-state index in [2.05, 4.69) is 39.2 Å². The summed E-state index contributed by atoms with van der Waals surface area (Å²) in [6.07, 6.45) is 6.33. The number of amides is 1. The average molecular weight is 354 g/mol. The summed E-state index contributed by atoms with van der Waals surface area (Å²) in [5.74, 6) is 1.27. The van der Waals surface area contributed by atoms with Gasteiger partial charge in [-0.2, -0.15) is 0 Å². The number of nitrogens with zero attached hydrogens (tertiary/aromatic N) is 5. The van der Waals surface area contributed by atoms with E-state index >= 15 is 0 Å². The molecule has 26 heavy (non-hydrogen) atoms. The molecule has 8 nitrogen and oxygen atoms in total. The van der Waals surface area contributed by atoms with Crippen LogP contribution in [0.5, 0.6) is 0 Å². The summed E-state index contributed by atoms with van der Waals surface area (Å²) in [5.41, 5.74) is 0.529. The van der Waals surface area contributed by atoms with Gasteiger partial charge < -0.3 is 9.73 Å². The summed E-state index contributed by atoms with van der Waals surface area (Å²) in [5, 5.41) is 10.5. The number of aromatic nitrogens is 4. The van der Waals surface area contributed by atoms with Crippen LogP contribution in [0.25, 0.3) is 5.82 Å². The van der Waals surface area contributed by atoms with E-state index in [0.717, 1.165) is 18.8 Å². The second-order valence-electron chi connectivity index (χ2n) is 5.73. The van der Waals surface area contributed by atoms with Crippen LogP contribution in [0.15, 0.2) is 53.8 Å². The van der Waals surface area contributed by atoms with Crippen molar-refractivity contribution >= 4 is 5.91 Å². The highest BCUT2D eigenvalue weighted by Crippen LogP contribution is 2.20. The van der Waals surface area contributed by atoms with Gasteiger partial charge in [0, 0.05) is 18.3 Å². The van der Waals surface area contributed by atoms with Gasteiger partial charge in [0.15, 0.2) is 0 Å². The predicted octanol–water partition coefficient (Wildman–Crippen LogP) is 2.07. The first-order valence-corrected chi connectivity index (χ1v) is 8.59.